The standard InChI is InChI=1S/C19H15F2NO/c1-22(19(23)18-16(20)7-4-8-17(18)21)12-13-9-10-14-5-2-3-6-15(14)11-13/h2-11H,12H2,1H3. The van der Waals surface area contributed by atoms with Crippen molar-refractivity contribution in [3.8, 4) is 0 Å². The molecule has 0 saturated heterocycles. The monoisotopic (exact) mass is 311 g/mol. The normalized spacial score (nSPS) is 10.7. The second kappa shape index (κ2) is 6.16. The van der Waals surface area contributed by atoms with Gasteiger partial charge in [0.2, 0.25) is 0 Å². The van der Waals surface area contributed by atoms with Gasteiger partial charge in [0.15, 0.2) is 0 Å². The summed E-state index contributed by atoms with van der Waals surface area (Å²) in [6.45, 7) is 0.275. The molecule has 1 amide bonds. The van der Waals surface area contributed by atoms with Gasteiger partial charge in [0.05, 0.1) is 0 Å². The van der Waals surface area contributed by atoms with E-state index in [9.17, 15) is 13.6 Å². The lowest BCUT2D eigenvalue weighted by molar-refractivity contribution is 0.0775. The zero-order valence-electron chi connectivity index (χ0n) is 12.6. The minimum Gasteiger partial charge on any atom is -0.337 e. The predicted molar refractivity (Wildman–Crippen MR) is 86.1 cm³/mol. The van der Waals surface area contributed by atoms with Gasteiger partial charge >= 0.3 is 0 Å². The van der Waals surface area contributed by atoms with Gasteiger partial charge < -0.3 is 4.90 Å². The maximum atomic E-state index is 13.7. The zero-order chi connectivity index (χ0) is 16.4. The summed E-state index contributed by atoms with van der Waals surface area (Å²) in [5, 5.41) is 2.16. The van der Waals surface area contributed by atoms with E-state index in [4.69, 9.17) is 0 Å². The lowest BCUT2D eigenvalue weighted by Gasteiger charge is -2.18. The van der Waals surface area contributed by atoms with Gasteiger partial charge in [-0.2, -0.15) is 0 Å². The molecule has 23 heavy (non-hydrogen) atoms. The van der Waals surface area contributed by atoms with Gasteiger partial charge in [0.25, 0.3) is 5.91 Å². The molecular formula is C19H15F2NO. The maximum Gasteiger partial charge on any atom is 0.259 e. The molecule has 0 saturated carbocycles. The third-order valence-corrected chi connectivity index (χ3v) is 3.76. The molecule has 0 aliphatic carbocycles. The van der Waals surface area contributed by atoms with E-state index in [1.54, 1.807) is 0 Å². The Labute approximate surface area is 133 Å². The van der Waals surface area contributed by atoms with Gasteiger partial charge in [-0.1, -0.05) is 42.5 Å². The molecule has 3 aromatic carbocycles. The third kappa shape index (κ3) is 3.06. The largest absolute Gasteiger partial charge is 0.337 e. The van der Waals surface area contributed by atoms with Crippen molar-refractivity contribution in [1.82, 2.24) is 4.90 Å². The van der Waals surface area contributed by atoms with Crippen LogP contribution >= 0.6 is 0 Å². The summed E-state index contributed by atoms with van der Waals surface area (Å²) < 4.78 is 27.4. The van der Waals surface area contributed by atoms with Crippen LogP contribution in [0.5, 0.6) is 0 Å². The highest BCUT2D eigenvalue weighted by Crippen LogP contribution is 2.19. The lowest BCUT2D eigenvalue weighted by Crippen LogP contribution is -2.28. The Hall–Kier alpha value is -2.75. The molecule has 0 fully saturated rings. The summed E-state index contributed by atoms with van der Waals surface area (Å²) in [5.74, 6) is -2.37. The van der Waals surface area contributed by atoms with Crippen LogP contribution in [0.1, 0.15) is 15.9 Å². The molecular weight excluding hydrogens is 296 g/mol. The van der Waals surface area contributed by atoms with Crippen LogP contribution in [0, 0.1) is 11.6 Å². The van der Waals surface area contributed by atoms with Crippen LogP contribution in [0.25, 0.3) is 10.8 Å². The van der Waals surface area contributed by atoms with Gasteiger partial charge in [-0.05, 0) is 34.5 Å². The van der Waals surface area contributed by atoms with Gasteiger partial charge in [0.1, 0.15) is 17.2 Å². The Morgan fingerprint density at radius 3 is 2.26 bits per heavy atom. The first-order valence-electron chi connectivity index (χ1n) is 7.23. The first-order valence-corrected chi connectivity index (χ1v) is 7.23. The van der Waals surface area contributed by atoms with Crippen LogP contribution < -0.4 is 0 Å². The van der Waals surface area contributed by atoms with Gasteiger partial charge in [-0.15, -0.1) is 0 Å². The molecule has 0 bridgehead atoms. The van der Waals surface area contributed by atoms with Crippen molar-refractivity contribution in [2.24, 2.45) is 0 Å². The van der Waals surface area contributed by atoms with Crippen LogP contribution in [0.4, 0.5) is 8.78 Å². The van der Waals surface area contributed by atoms with E-state index < -0.39 is 23.1 Å². The molecule has 0 aliphatic heterocycles. The van der Waals surface area contributed by atoms with Crippen molar-refractivity contribution in [1.29, 1.82) is 0 Å². The molecule has 0 radical (unpaired) electrons. The van der Waals surface area contributed by atoms with Crippen molar-refractivity contribution in [3.63, 3.8) is 0 Å². The van der Waals surface area contributed by atoms with E-state index >= 15 is 0 Å². The highest BCUT2D eigenvalue weighted by molar-refractivity contribution is 5.94. The molecule has 3 rings (SSSR count). The number of hydrogen-bond donors (Lipinski definition) is 0. The number of hydrogen-bond acceptors (Lipinski definition) is 1. The number of halogens is 2. The van der Waals surface area contributed by atoms with Gasteiger partial charge in [0, 0.05) is 13.6 Å². The summed E-state index contributed by atoms with van der Waals surface area (Å²) in [6, 6.07) is 17.1. The first-order chi connectivity index (χ1) is 11.1. The van der Waals surface area contributed by atoms with E-state index in [-0.39, 0.29) is 6.54 Å². The number of benzene rings is 3. The fraction of sp³-hybridized carbons (Fsp3) is 0.105. The Kier molecular flexibility index (Phi) is 4.06. The van der Waals surface area contributed by atoms with E-state index in [0.29, 0.717) is 0 Å². The predicted octanol–water partition coefficient (Wildman–Crippen LogP) is 4.39. The molecule has 4 heteroatoms. The third-order valence-electron chi connectivity index (χ3n) is 3.76. The van der Waals surface area contributed by atoms with Crippen LogP contribution in [0.2, 0.25) is 0 Å². The molecule has 2 nitrogen and oxygen atoms in total. The fourth-order valence-electron chi connectivity index (χ4n) is 2.58. The molecule has 116 valence electrons. The molecule has 0 heterocycles. The number of carbonyl (C=O) groups excluding carboxylic acids is 1. The zero-order valence-corrected chi connectivity index (χ0v) is 12.6. The summed E-state index contributed by atoms with van der Waals surface area (Å²) in [6.07, 6.45) is 0. The summed E-state index contributed by atoms with van der Waals surface area (Å²) in [4.78, 5) is 13.6. The average molecular weight is 311 g/mol. The molecule has 0 aliphatic rings. The average Bonchev–Trinajstić information content (AvgIpc) is 2.54. The second-order valence-electron chi connectivity index (χ2n) is 5.44. The maximum absolute atomic E-state index is 13.7. The highest BCUT2D eigenvalue weighted by Gasteiger charge is 2.20. The van der Waals surface area contributed by atoms with Crippen molar-refractivity contribution in [2.75, 3.05) is 7.05 Å². The van der Waals surface area contributed by atoms with Crippen LogP contribution in [-0.2, 0) is 6.54 Å². The highest BCUT2D eigenvalue weighted by atomic mass is 19.1. The quantitative estimate of drug-likeness (QED) is 0.702. The number of amides is 1. The van der Waals surface area contributed by atoms with Crippen molar-refractivity contribution >= 4 is 16.7 Å². The fourth-order valence-corrected chi connectivity index (χ4v) is 2.58. The van der Waals surface area contributed by atoms with Gasteiger partial charge in [-0.25, -0.2) is 8.78 Å². The number of rotatable bonds is 3. The topological polar surface area (TPSA) is 20.3 Å². The first kappa shape index (κ1) is 15.2. The SMILES string of the molecule is CN(Cc1ccc2ccccc2c1)C(=O)c1c(F)cccc1F. The van der Waals surface area contributed by atoms with Crippen molar-refractivity contribution in [2.45, 2.75) is 6.54 Å². The molecule has 0 spiro atoms. The number of carbonyl (C=O) groups is 1. The summed E-state index contributed by atoms with van der Waals surface area (Å²) in [7, 11) is 1.53. The Morgan fingerprint density at radius 2 is 1.57 bits per heavy atom. The van der Waals surface area contributed by atoms with E-state index in [2.05, 4.69) is 0 Å². The van der Waals surface area contributed by atoms with E-state index in [1.807, 2.05) is 42.5 Å². The van der Waals surface area contributed by atoms with Gasteiger partial charge in [-0.3, -0.25) is 4.79 Å². The van der Waals surface area contributed by atoms with Crippen LogP contribution in [0.3, 0.4) is 0 Å². The van der Waals surface area contributed by atoms with Crippen LogP contribution in [-0.4, -0.2) is 17.9 Å². The van der Waals surface area contributed by atoms with E-state index in [0.717, 1.165) is 28.5 Å². The Morgan fingerprint density at radius 1 is 0.913 bits per heavy atom. The smallest absolute Gasteiger partial charge is 0.259 e. The van der Waals surface area contributed by atoms with Crippen molar-refractivity contribution in [3.05, 3.63) is 83.4 Å². The Balaban J connectivity index is 1.85. The summed E-state index contributed by atoms with van der Waals surface area (Å²) >= 11 is 0. The molecule has 0 N–H and O–H groups in total. The molecule has 0 atom stereocenters. The van der Waals surface area contributed by atoms with Crippen molar-refractivity contribution < 1.29 is 13.6 Å². The summed E-state index contributed by atoms with van der Waals surface area (Å²) in [5.41, 5.74) is 0.382. The lowest BCUT2D eigenvalue weighted by atomic mass is 10.1. The number of fused-ring (bicyclic) bond motifs is 1. The molecule has 0 aromatic heterocycles. The van der Waals surface area contributed by atoms with E-state index in [1.165, 1.54) is 18.0 Å². The minimum absolute atomic E-state index is 0.275. The molecule has 0 unspecified atom stereocenters. The number of nitrogens with zero attached hydrogens (tertiary/aromatic N) is 1. The Bertz CT molecular complexity index is 856. The molecule has 3 aromatic rings. The minimum atomic E-state index is -0.847. The van der Waals surface area contributed by atoms with Crippen LogP contribution in [0.15, 0.2) is 60.7 Å². The second-order valence-corrected chi connectivity index (χ2v) is 5.44.